The molecule has 0 spiro atoms. The molecule has 1 N–H and O–H groups in total. The van der Waals surface area contributed by atoms with Gasteiger partial charge in [-0.15, -0.1) is 0 Å². The Kier molecular flexibility index (Phi) is 1.73. The highest BCUT2D eigenvalue weighted by atomic mass is 35.5. The fraction of sp³-hybridized carbons (Fsp3) is 0.400. The van der Waals surface area contributed by atoms with Crippen LogP contribution in [0.15, 0.2) is 10.6 Å². The summed E-state index contributed by atoms with van der Waals surface area (Å²) in [6, 6.07) is 0. The highest BCUT2D eigenvalue weighted by Crippen LogP contribution is 2.15. The van der Waals surface area contributed by atoms with Gasteiger partial charge in [-0.3, -0.25) is 0 Å². The molecule has 0 aromatic carbocycles. The van der Waals surface area contributed by atoms with Crippen LogP contribution in [0.5, 0.6) is 0 Å². The molecule has 0 bridgehead atoms. The van der Waals surface area contributed by atoms with Gasteiger partial charge in [-0.2, -0.15) is 0 Å². The topological polar surface area (TPSA) is 46.3 Å². The van der Waals surface area contributed by atoms with Crippen molar-refractivity contribution >= 4 is 11.6 Å². The minimum atomic E-state index is -0.634. The van der Waals surface area contributed by atoms with Gasteiger partial charge >= 0.3 is 0 Å². The van der Waals surface area contributed by atoms with Gasteiger partial charge in [0.25, 0.3) is 5.35 Å². The molecule has 0 fully saturated rings. The summed E-state index contributed by atoms with van der Waals surface area (Å²) in [6.07, 6.45) is 0.762. The van der Waals surface area contributed by atoms with Crippen LogP contribution in [0.1, 0.15) is 18.8 Å². The van der Waals surface area contributed by atoms with Crippen molar-refractivity contribution in [1.29, 1.82) is 0 Å². The maximum atomic E-state index is 8.84. The Balaban J connectivity index is 2.85. The zero-order valence-electron chi connectivity index (χ0n) is 4.84. The number of nitrogens with zero attached hydrogens (tertiary/aromatic N) is 1. The normalized spacial score (nSPS) is 13.7. The molecule has 0 saturated heterocycles. The second-order valence-corrected chi connectivity index (χ2v) is 2.01. The quantitative estimate of drug-likeness (QED) is 0.653. The van der Waals surface area contributed by atoms with Crippen molar-refractivity contribution in [2.24, 2.45) is 0 Å². The van der Waals surface area contributed by atoms with Gasteiger partial charge in [-0.05, 0) is 18.5 Å². The SMILES string of the molecule is CC(O)c1cnc(Cl)o1. The molecule has 0 aliphatic heterocycles. The summed E-state index contributed by atoms with van der Waals surface area (Å²) >= 11 is 5.32. The Morgan fingerprint density at radius 3 is 2.78 bits per heavy atom. The number of rotatable bonds is 1. The largest absolute Gasteiger partial charge is 0.430 e. The molecule has 1 atom stereocenters. The smallest absolute Gasteiger partial charge is 0.292 e. The molecular formula is C5H6ClNO2. The third-order valence-electron chi connectivity index (χ3n) is 0.907. The van der Waals surface area contributed by atoms with Gasteiger partial charge in [-0.25, -0.2) is 4.98 Å². The van der Waals surface area contributed by atoms with E-state index in [-0.39, 0.29) is 5.35 Å². The van der Waals surface area contributed by atoms with Gasteiger partial charge in [0.2, 0.25) is 0 Å². The van der Waals surface area contributed by atoms with Gasteiger partial charge in [-0.1, -0.05) is 0 Å². The zero-order valence-corrected chi connectivity index (χ0v) is 5.59. The summed E-state index contributed by atoms with van der Waals surface area (Å²) < 4.78 is 4.75. The van der Waals surface area contributed by atoms with E-state index in [9.17, 15) is 0 Å². The Morgan fingerprint density at radius 1 is 1.89 bits per heavy atom. The first-order chi connectivity index (χ1) is 4.20. The summed E-state index contributed by atoms with van der Waals surface area (Å²) in [5.41, 5.74) is 0. The Labute approximate surface area is 57.3 Å². The van der Waals surface area contributed by atoms with Crippen LogP contribution < -0.4 is 0 Å². The molecule has 1 rings (SSSR count). The highest BCUT2D eigenvalue weighted by molar-refractivity contribution is 6.27. The van der Waals surface area contributed by atoms with Crippen molar-refractivity contribution < 1.29 is 9.52 Å². The van der Waals surface area contributed by atoms with E-state index in [4.69, 9.17) is 21.1 Å². The Morgan fingerprint density at radius 2 is 2.56 bits per heavy atom. The van der Waals surface area contributed by atoms with E-state index in [1.165, 1.54) is 6.20 Å². The van der Waals surface area contributed by atoms with Crippen LogP contribution in [-0.4, -0.2) is 10.1 Å². The lowest BCUT2D eigenvalue weighted by atomic mass is 10.3. The molecule has 0 saturated carbocycles. The molecule has 9 heavy (non-hydrogen) atoms. The van der Waals surface area contributed by atoms with Crippen LogP contribution in [0.4, 0.5) is 0 Å². The van der Waals surface area contributed by atoms with Crippen LogP contribution in [0.3, 0.4) is 0 Å². The van der Waals surface area contributed by atoms with E-state index >= 15 is 0 Å². The molecular weight excluding hydrogens is 142 g/mol. The number of aromatic nitrogens is 1. The maximum Gasteiger partial charge on any atom is 0.292 e. The molecule has 1 aromatic rings. The first kappa shape index (κ1) is 6.58. The highest BCUT2D eigenvalue weighted by Gasteiger charge is 2.05. The number of hydrogen-bond acceptors (Lipinski definition) is 3. The molecule has 0 aliphatic rings. The predicted molar refractivity (Wildman–Crippen MR) is 32.1 cm³/mol. The van der Waals surface area contributed by atoms with Crippen molar-refractivity contribution in [2.45, 2.75) is 13.0 Å². The predicted octanol–water partition coefficient (Wildman–Crippen LogP) is 1.38. The van der Waals surface area contributed by atoms with E-state index in [0.29, 0.717) is 5.76 Å². The maximum absolute atomic E-state index is 8.84. The molecule has 3 nitrogen and oxygen atoms in total. The lowest BCUT2D eigenvalue weighted by Gasteiger charge is -1.93. The summed E-state index contributed by atoms with van der Waals surface area (Å²) in [6.45, 7) is 1.58. The van der Waals surface area contributed by atoms with Crippen molar-refractivity contribution in [3.63, 3.8) is 0 Å². The first-order valence-electron chi connectivity index (χ1n) is 2.49. The monoisotopic (exact) mass is 147 g/mol. The van der Waals surface area contributed by atoms with Gasteiger partial charge in [0.05, 0.1) is 6.20 Å². The number of oxazole rings is 1. The minimum Gasteiger partial charge on any atom is -0.430 e. The summed E-state index contributed by atoms with van der Waals surface area (Å²) in [4.78, 5) is 3.58. The van der Waals surface area contributed by atoms with E-state index in [0.717, 1.165) is 0 Å². The number of aliphatic hydroxyl groups is 1. The van der Waals surface area contributed by atoms with Crippen LogP contribution in [0, 0.1) is 0 Å². The summed E-state index contributed by atoms with van der Waals surface area (Å²) in [5.74, 6) is 0.389. The van der Waals surface area contributed by atoms with Gasteiger partial charge < -0.3 is 9.52 Å². The van der Waals surface area contributed by atoms with Crippen LogP contribution in [-0.2, 0) is 0 Å². The lowest BCUT2D eigenvalue weighted by molar-refractivity contribution is 0.169. The third kappa shape index (κ3) is 1.43. The van der Waals surface area contributed by atoms with Crippen LogP contribution in [0.2, 0.25) is 5.35 Å². The van der Waals surface area contributed by atoms with Crippen molar-refractivity contribution in [1.82, 2.24) is 4.98 Å². The molecule has 50 valence electrons. The van der Waals surface area contributed by atoms with Crippen LogP contribution in [0.25, 0.3) is 0 Å². The van der Waals surface area contributed by atoms with Crippen molar-refractivity contribution in [3.05, 3.63) is 17.3 Å². The summed E-state index contributed by atoms with van der Waals surface area (Å²) in [7, 11) is 0. The minimum absolute atomic E-state index is 0.0610. The van der Waals surface area contributed by atoms with Gasteiger partial charge in [0.1, 0.15) is 6.10 Å². The van der Waals surface area contributed by atoms with Gasteiger partial charge in [0.15, 0.2) is 5.76 Å². The second-order valence-electron chi connectivity index (χ2n) is 1.69. The molecule has 0 aliphatic carbocycles. The average molecular weight is 148 g/mol. The molecule has 4 heteroatoms. The number of halogens is 1. The fourth-order valence-corrected chi connectivity index (χ4v) is 0.595. The van der Waals surface area contributed by atoms with Gasteiger partial charge in [0, 0.05) is 0 Å². The molecule has 0 amide bonds. The number of hydrogen-bond donors (Lipinski definition) is 1. The van der Waals surface area contributed by atoms with E-state index in [1.807, 2.05) is 0 Å². The zero-order chi connectivity index (χ0) is 6.85. The van der Waals surface area contributed by atoms with Crippen LogP contribution >= 0.6 is 11.6 Å². The molecule has 0 radical (unpaired) electrons. The van der Waals surface area contributed by atoms with E-state index in [1.54, 1.807) is 6.92 Å². The van der Waals surface area contributed by atoms with E-state index in [2.05, 4.69) is 4.98 Å². The second kappa shape index (κ2) is 2.37. The Bertz CT molecular complexity index is 197. The van der Waals surface area contributed by atoms with Crippen molar-refractivity contribution in [2.75, 3.05) is 0 Å². The third-order valence-corrected chi connectivity index (χ3v) is 1.08. The number of aliphatic hydroxyl groups excluding tert-OH is 1. The van der Waals surface area contributed by atoms with E-state index < -0.39 is 6.10 Å². The molecule has 1 aromatic heterocycles. The Hall–Kier alpha value is -0.540. The standard InChI is InChI=1S/C5H6ClNO2/c1-3(8)4-2-7-5(6)9-4/h2-3,8H,1H3. The van der Waals surface area contributed by atoms with Crippen molar-refractivity contribution in [3.8, 4) is 0 Å². The summed E-state index contributed by atoms with van der Waals surface area (Å²) in [5, 5.41) is 8.91. The average Bonchev–Trinajstić information content (AvgIpc) is 2.14. The lowest BCUT2D eigenvalue weighted by Crippen LogP contribution is -1.85. The fourth-order valence-electron chi connectivity index (χ4n) is 0.457. The molecule has 1 heterocycles. The molecule has 1 unspecified atom stereocenters. The first-order valence-corrected chi connectivity index (χ1v) is 2.87.